The molecule has 1 saturated heterocycles. The van der Waals surface area contributed by atoms with Crippen molar-refractivity contribution < 1.29 is 4.79 Å². The fourth-order valence-corrected chi connectivity index (χ4v) is 2.19. The summed E-state index contributed by atoms with van der Waals surface area (Å²) < 4.78 is 2.03. The van der Waals surface area contributed by atoms with Gasteiger partial charge in [-0.25, -0.2) is 4.68 Å². The van der Waals surface area contributed by atoms with Crippen LogP contribution in [0.4, 0.5) is 0 Å². The largest absolute Gasteiger partial charge is 0.307 e. The molecule has 1 fully saturated rings. The summed E-state index contributed by atoms with van der Waals surface area (Å²) in [6.45, 7) is 0.916. The molecule has 0 bridgehead atoms. The fraction of sp³-hybridized carbons (Fsp3) is 0.625. The van der Waals surface area contributed by atoms with Crippen molar-refractivity contribution >= 4 is 21.7 Å². The molecule has 2 heterocycles. The monoisotopic (exact) mass is 258 g/mol. The molecular formula is C8H11BrN4O. The average Bonchev–Trinajstić information content (AvgIpc) is 2.75. The van der Waals surface area contributed by atoms with Crippen LogP contribution in [0.1, 0.15) is 23.3 Å². The zero-order valence-corrected chi connectivity index (χ0v) is 9.41. The van der Waals surface area contributed by atoms with E-state index in [0.717, 1.165) is 19.4 Å². The number of hydrogen-bond acceptors (Lipinski definition) is 4. The van der Waals surface area contributed by atoms with Crippen LogP contribution in [0, 0.1) is 0 Å². The number of halogens is 1. The summed E-state index contributed by atoms with van der Waals surface area (Å²) in [5, 5.41) is 10.7. The minimum Gasteiger partial charge on any atom is -0.307 e. The molecule has 1 aromatic heterocycles. The van der Waals surface area contributed by atoms with Crippen molar-refractivity contribution in [2.75, 3.05) is 6.54 Å². The standard InChI is InChI=1S/C8H11BrN4O/c1-13-6(8(9)11-12-13)7(14)5-3-2-4-10-5/h5,10H,2-4H2,1H3. The number of hydrogen-bond donors (Lipinski definition) is 1. The predicted octanol–water partition coefficient (Wildman–Crippen LogP) is 0.512. The third kappa shape index (κ3) is 1.59. The van der Waals surface area contributed by atoms with E-state index in [1.54, 1.807) is 7.05 Å². The van der Waals surface area contributed by atoms with Gasteiger partial charge in [-0.05, 0) is 35.3 Å². The summed E-state index contributed by atoms with van der Waals surface area (Å²) in [6, 6.07) is -0.0662. The van der Waals surface area contributed by atoms with Gasteiger partial charge in [0.25, 0.3) is 0 Å². The Bertz CT molecular complexity index is 337. The highest BCUT2D eigenvalue weighted by Crippen LogP contribution is 2.17. The van der Waals surface area contributed by atoms with Crippen molar-refractivity contribution in [1.82, 2.24) is 20.3 Å². The first-order valence-corrected chi connectivity index (χ1v) is 5.32. The molecule has 0 aliphatic carbocycles. The summed E-state index contributed by atoms with van der Waals surface area (Å²) in [7, 11) is 1.72. The number of nitrogens with one attached hydrogen (secondary N) is 1. The second-order valence-electron chi connectivity index (χ2n) is 3.37. The van der Waals surface area contributed by atoms with E-state index in [1.807, 2.05) is 0 Å². The van der Waals surface area contributed by atoms with Gasteiger partial charge >= 0.3 is 0 Å². The summed E-state index contributed by atoms with van der Waals surface area (Å²) >= 11 is 3.22. The molecular weight excluding hydrogens is 248 g/mol. The third-order valence-electron chi connectivity index (χ3n) is 2.40. The Morgan fingerprint density at radius 2 is 2.50 bits per heavy atom. The van der Waals surface area contributed by atoms with Crippen LogP contribution < -0.4 is 5.32 Å². The van der Waals surface area contributed by atoms with Crippen molar-refractivity contribution in [3.05, 3.63) is 10.3 Å². The first-order valence-electron chi connectivity index (χ1n) is 4.53. The van der Waals surface area contributed by atoms with Gasteiger partial charge in [0, 0.05) is 7.05 Å². The molecule has 0 saturated carbocycles. The lowest BCUT2D eigenvalue weighted by Gasteiger charge is -2.08. The van der Waals surface area contributed by atoms with Gasteiger partial charge in [0.05, 0.1) is 6.04 Å². The zero-order chi connectivity index (χ0) is 10.1. The maximum Gasteiger partial charge on any atom is 0.200 e. The molecule has 1 aromatic rings. The van der Waals surface area contributed by atoms with E-state index in [2.05, 4.69) is 31.6 Å². The molecule has 76 valence electrons. The smallest absolute Gasteiger partial charge is 0.200 e. The van der Waals surface area contributed by atoms with Crippen LogP contribution in [0.5, 0.6) is 0 Å². The molecule has 0 radical (unpaired) electrons. The van der Waals surface area contributed by atoms with Crippen LogP contribution >= 0.6 is 15.9 Å². The molecule has 14 heavy (non-hydrogen) atoms. The van der Waals surface area contributed by atoms with Crippen LogP contribution in [0.25, 0.3) is 0 Å². The van der Waals surface area contributed by atoms with Crippen molar-refractivity contribution in [1.29, 1.82) is 0 Å². The maximum absolute atomic E-state index is 12.0. The van der Waals surface area contributed by atoms with E-state index >= 15 is 0 Å². The molecule has 1 atom stereocenters. The first kappa shape index (κ1) is 9.79. The zero-order valence-electron chi connectivity index (χ0n) is 7.83. The number of Topliss-reactive ketones (excluding diaryl/α,β-unsaturated/α-hetero) is 1. The van der Waals surface area contributed by atoms with Gasteiger partial charge in [-0.3, -0.25) is 4.79 Å². The highest BCUT2D eigenvalue weighted by molar-refractivity contribution is 9.10. The summed E-state index contributed by atoms with van der Waals surface area (Å²) in [5.41, 5.74) is 0.546. The Morgan fingerprint density at radius 1 is 1.71 bits per heavy atom. The molecule has 1 aliphatic rings. The van der Waals surface area contributed by atoms with Gasteiger partial charge in [-0.2, -0.15) is 0 Å². The Balaban J connectivity index is 2.25. The van der Waals surface area contributed by atoms with Gasteiger partial charge < -0.3 is 5.32 Å². The second kappa shape index (κ2) is 3.78. The van der Waals surface area contributed by atoms with Crippen LogP contribution in [0.3, 0.4) is 0 Å². The van der Waals surface area contributed by atoms with E-state index in [1.165, 1.54) is 4.68 Å². The Morgan fingerprint density at radius 3 is 3.00 bits per heavy atom. The summed E-state index contributed by atoms with van der Waals surface area (Å²) in [6.07, 6.45) is 1.95. The molecule has 1 unspecified atom stereocenters. The highest BCUT2D eigenvalue weighted by atomic mass is 79.9. The lowest BCUT2D eigenvalue weighted by atomic mass is 10.1. The average molecular weight is 259 g/mol. The molecule has 1 aliphatic heterocycles. The Kier molecular flexibility index (Phi) is 2.64. The Hall–Kier alpha value is -0.750. The molecule has 6 heteroatoms. The molecule has 1 N–H and O–H groups in total. The minimum atomic E-state index is -0.0662. The van der Waals surface area contributed by atoms with Gasteiger partial charge in [0.2, 0.25) is 5.78 Å². The van der Waals surface area contributed by atoms with Crippen LogP contribution in [0.2, 0.25) is 0 Å². The third-order valence-corrected chi connectivity index (χ3v) is 2.93. The SMILES string of the molecule is Cn1nnc(Br)c1C(=O)C1CCCN1. The molecule has 0 spiro atoms. The lowest BCUT2D eigenvalue weighted by Crippen LogP contribution is -2.32. The van der Waals surface area contributed by atoms with Crippen LogP contribution in [-0.4, -0.2) is 33.4 Å². The number of aromatic nitrogens is 3. The van der Waals surface area contributed by atoms with Gasteiger partial charge in [-0.15, -0.1) is 5.10 Å². The second-order valence-corrected chi connectivity index (χ2v) is 4.12. The molecule has 2 rings (SSSR count). The summed E-state index contributed by atoms with van der Waals surface area (Å²) in [4.78, 5) is 12.0. The normalized spacial score (nSPS) is 21.4. The van der Waals surface area contributed by atoms with Crippen molar-refractivity contribution in [3.8, 4) is 0 Å². The first-order chi connectivity index (χ1) is 6.70. The molecule has 0 amide bonds. The summed E-state index contributed by atoms with van der Waals surface area (Å²) in [5.74, 6) is 0.0712. The quantitative estimate of drug-likeness (QED) is 0.786. The number of ketones is 1. The number of carbonyl (C=O) groups excluding carboxylic acids is 1. The number of carbonyl (C=O) groups is 1. The van der Waals surface area contributed by atoms with E-state index in [-0.39, 0.29) is 11.8 Å². The van der Waals surface area contributed by atoms with Gasteiger partial charge in [0.15, 0.2) is 4.60 Å². The maximum atomic E-state index is 12.0. The fourth-order valence-electron chi connectivity index (χ4n) is 1.67. The Labute approximate surface area is 90.0 Å². The van der Waals surface area contributed by atoms with Gasteiger partial charge in [-0.1, -0.05) is 5.21 Å². The molecule has 5 nitrogen and oxygen atoms in total. The topological polar surface area (TPSA) is 59.8 Å². The van der Waals surface area contributed by atoms with E-state index in [4.69, 9.17) is 0 Å². The van der Waals surface area contributed by atoms with Crippen molar-refractivity contribution in [2.24, 2.45) is 7.05 Å². The predicted molar refractivity (Wildman–Crippen MR) is 54.1 cm³/mol. The van der Waals surface area contributed by atoms with E-state index in [9.17, 15) is 4.79 Å². The highest BCUT2D eigenvalue weighted by Gasteiger charge is 2.27. The minimum absolute atomic E-state index is 0.0662. The van der Waals surface area contributed by atoms with Crippen molar-refractivity contribution in [3.63, 3.8) is 0 Å². The van der Waals surface area contributed by atoms with E-state index < -0.39 is 0 Å². The number of aryl methyl sites for hydroxylation is 1. The van der Waals surface area contributed by atoms with Crippen LogP contribution in [0.15, 0.2) is 4.60 Å². The number of nitrogens with zero attached hydrogens (tertiary/aromatic N) is 3. The number of rotatable bonds is 2. The van der Waals surface area contributed by atoms with Gasteiger partial charge in [0.1, 0.15) is 5.69 Å². The molecule has 0 aromatic carbocycles. The lowest BCUT2D eigenvalue weighted by molar-refractivity contribution is 0.0942. The van der Waals surface area contributed by atoms with Crippen molar-refractivity contribution in [2.45, 2.75) is 18.9 Å². The van der Waals surface area contributed by atoms with Crippen LogP contribution in [-0.2, 0) is 7.05 Å². The van der Waals surface area contributed by atoms with E-state index in [0.29, 0.717) is 10.3 Å².